The van der Waals surface area contributed by atoms with Gasteiger partial charge in [0.1, 0.15) is 17.4 Å². The molecule has 0 saturated carbocycles. The number of carbonyl (C=O) groups excluding carboxylic acids is 1. The Hall–Kier alpha value is -4.44. The van der Waals surface area contributed by atoms with Gasteiger partial charge in [-0.05, 0) is 24.1 Å². The van der Waals surface area contributed by atoms with Gasteiger partial charge in [-0.25, -0.2) is 14.8 Å². The van der Waals surface area contributed by atoms with E-state index in [-0.39, 0.29) is 31.6 Å². The van der Waals surface area contributed by atoms with Crippen LogP contribution < -0.4 is 11.1 Å². The topological polar surface area (TPSA) is 136 Å². The summed E-state index contributed by atoms with van der Waals surface area (Å²) < 4.78 is 7.94. The molecule has 3 heterocycles. The van der Waals surface area contributed by atoms with Gasteiger partial charge in [0, 0.05) is 43.6 Å². The summed E-state index contributed by atoms with van der Waals surface area (Å²) in [5.74, 6) is 0.930. The van der Waals surface area contributed by atoms with E-state index < -0.39 is 6.09 Å². The average Bonchev–Trinajstić information content (AvgIpc) is 3.22. The Morgan fingerprint density at radius 2 is 1.89 bits per heavy atom. The number of hydrogen-bond acceptors (Lipinski definition) is 6. The zero-order valence-electron chi connectivity index (χ0n) is 21.2. The number of carboxylic acid groups (broad SMARTS) is 1. The number of benzene rings is 2. The highest BCUT2D eigenvalue weighted by Gasteiger charge is 2.28. The molecule has 1 fully saturated rings. The first-order chi connectivity index (χ1) is 18.3. The number of para-hydroxylation sites is 1. The summed E-state index contributed by atoms with van der Waals surface area (Å²) >= 11 is 0. The van der Waals surface area contributed by atoms with Gasteiger partial charge in [-0.15, -0.1) is 0 Å². The number of hydrogen-bond donors (Lipinski definition) is 3. The molecule has 4 N–H and O–H groups in total. The number of nitrogens with two attached hydrogens (primary N) is 1. The molecule has 1 atom stereocenters. The smallest absolute Gasteiger partial charge is 0.407 e. The average molecular weight is 515 g/mol. The summed E-state index contributed by atoms with van der Waals surface area (Å²) in [6.07, 6.45) is -0.244. The van der Waals surface area contributed by atoms with Crippen molar-refractivity contribution in [2.45, 2.75) is 32.5 Å². The number of imidazole rings is 1. The van der Waals surface area contributed by atoms with E-state index in [1.54, 1.807) is 6.92 Å². The van der Waals surface area contributed by atoms with E-state index >= 15 is 0 Å². The first-order valence-electron chi connectivity index (χ1n) is 12.5. The van der Waals surface area contributed by atoms with Gasteiger partial charge in [0.15, 0.2) is 5.82 Å². The second kappa shape index (κ2) is 10.5. The van der Waals surface area contributed by atoms with Crippen molar-refractivity contribution in [1.29, 1.82) is 0 Å². The van der Waals surface area contributed by atoms with E-state index in [2.05, 4.69) is 21.4 Å². The molecule has 0 aliphatic carbocycles. The van der Waals surface area contributed by atoms with Crippen LogP contribution in [0.4, 0.5) is 10.6 Å². The van der Waals surface area contributed by atoms with Crippen LogP contribution >= 0.6 is 0 Å². The van der Waals surface area contributed by atoms with Gasteiger partial charge < -0.3 is 30.4 Å². The summed E-state index contributed by atoms with van der Waals surface area (Å²) in [6, 6.07) is 15.7. The highest BCUT2D eigenvalue weighted by molar-refractivity contribution is 6.06. The van der Waals surface area contributed by atoms with Crippen LogP contribution in [0.15, 0.2) is 60.7 Å². The maximum absolute atomic E-state index is 11.7. The predicted molar refractivity (Wildman–Crippen MR) is 145 cm³/mol. The number of fused-ring (bicyclic) bond motifs is 3. The van der Waals surface area contributed by atoms with Gasteiger partial charge in [-0.2, -0.15) is 0 Å². The van der Waals surface area contributed by atoms with Crippen molar-refractivity contribution in [3.63, 3.8) is 0 Å². The minimum absolute atomic E-state index is 0.0886. The van der Waals surface area contributed by atoms with Crippen molar-refractivity contribution in [2.24, 2.45) is 0 Å². The molecule has 1 saturated heterocycles. The summed E-state index contributed by atoms with van der Waals surface area (Å²) in [6.45, 7) is 7.03. The monoisotopic (exact) mass is 514 g/mol. The molecule has 4 aromatic rings. The fourth-order valence-corrected chi connectivity index (χ4v) is 4.57. The SMILES string of the molecule is C=C(C)C(=O)NCCN(Cc1ccc(Cn2c(C3CCO3)nc3c(N)nc4ccccc4c32)cc1)C(=O)O. The highest BCUT2D eigenvalue weighted by atomic mass is 16.5. The van der Waals surface area contributed by atoms with Crippen LogP contribution in [-0.4, -0.2) is 56.2 Å². The van der Waals surface area contributed by atoms with Crippen LogP contribution in [-0.2, 0) is 22.6 Å². The predicted octanol–water partition coefficient (Wildman–Crippen LogP) is 3.85. The van der Waals surface area contributed by atoms with Crippen LogP contribution in [0.1, 0.15) is 36.4 Å². The van der Waals surface area contributed by atoms with Crippen molar-refractivity contribution in [1.82, 2.24) is 24.8 Å². The van der Waals surface area contributed by atoms with E-state index in [0.717, 1.165) is 39.8 Å². The number of anilines is 1. The number of pyridine rings is 1. The van der Waals surface area contributed by atoms with E-state index in [1.165, 1.54) is 4.90 Å². The number of aromatic nitrogens is 3. The number of nitrogen functional groups attached to an aromatic ring is 1. The first kappa shape index (κ1) is 25.2. The van der Waals surface area contributed by atoms with Crippen LogP contribution in [0, 0.1) is 0 Å². The van der Waals surface area contributed by atoms with Gasteiger partial charge in [-0.1, -0.05) is 49.0 Å². The summed E-state index contributed by atoms with van der Waals surface area (Å²) in [4.78, 5) is 34.1. The summed E-state index contributed by atoms with van der Waals surface area (Å²) in [5.41, 5.74) is 11.0. The summed E-state index contributed by atoms with van der Waals surface area (Å²) in [7, 11) is 0. The molecule has 2 amide bonds. The fraction of sp³-hybridized carbons (Fsp3) is 0.286. The zero-order valence-corrected chi connectivity index (χ0v) is 21.2. The van der Waals surface area contributed by atoms with Crippen LogP contribution in [0.5, 0.6) is 0 Å². The van der Waals surface area contributed by atoms with Gasteiger partial charge >= 0.3 is 6.09 Å². The number of rotatable bonds is 9. The Bertz CT molecular complexity index is 1520. The number of ether oxygens (including phenoxy) is 1. The van der Waals surface area contributed by atoms with Crippen molar-refractivity contribution >= 4 is 39.8 Å². The van der Waals surface area contributed by atoms with E-state index in [9.17, 15) is 14.7 Å². The maximum Gasteiger partial charge on any atom is 0.407 e. The molecular formula is C28H30N6O4. The molecule has 5 rings (SSSR count). The Labute approximate surface area is 219 Å². The molecule has 0 spiro atoms. The molecular weight excluding hydrogens is 484 g/mol. The Balaban J connectivity index is 1.39. The number of nitrogens with one attached hydrogen (secondary N) is 1. The maximum atomic E-state index is 11.7. The third kappa shape index (κ3) is 5.03. The largest absolute Gasteiger partial charge is 0.465 e. The Morgan fingerprint density at radius 3 is 2.55 bits per heavy atom. The molecule has 1 aliphatic rings. The molecule has 2 aromatic carbocycles. The minimum Gasteiger partial charge on any atom is -0.465 e. The lowest BCUT2D eigenvalue weighted by molar-refractivity contribution is -0.117. The molecule has 10 nitrogen and oxygen atoms in total. The minimum atomic E-state index is -1.05. The number of amides is 2. The van der Waals surface area contributed by atoms with Crippen molar-refractivity contribution in [3.8, 4) is 0 Å². The van der Waals surface area contributed by atoms with Crippen LogP contribution in [0.3, 0.4) is 0 Å². The van der Waals surface area contributed by atoms with Gasteiger partial charge in [0.25, 0.3) is 0 Å². The molecule has 1 unspecified atom stereocenters. The number of nitrogens with zero attached hydrogens (tertiary/aromatic N) is 4. The standard InChI is InChI=1S/C28H30N6O4/c1-17(2)27(35)30-12-13-33(28(36)37)15-18-7-9-19(10-8-18)16-34-24-20-5-3-4-6-21(20)31-25(29)23(24)32-26(34)22-11-14-38-22/h3-10,22H,1,11-16H2,2H3,(H2,29,31)(H,30,35)(H,36,37). The molecule has 2 aromatic heterocycles. The van der Waals surface area contributed by atoms with Crippen LogP contribution in [0.25, 0.3) is 21.9 Å². The molecule has 0 radical (unpaired) electrons. The molecule has 0 bridgehead atoms. The van der Waals surface area contributed by atoms with E-state index in [0.29, 0.717) is 30.1 Å². The normalized spacial score (nSPS) is 14.8. The quantitative estimate of drug-likeness (QED) is 0.289. The Kier molecular flexibility index (Phi) is 6.97. The third-order valence-electron chi connectivity index (χ3n) is 6.69. The second-order valence-electron chi connectivity index (χ2n) is 9.47. The molecule has 38 heavy (non-hydrogen) atoms. The fourth-order valence-electron chi connectivity index (χ4n) is 4.57. The highest BCUT2D eigenvalue weighted by Crippen LogP contribution is 2.35. The van der Waals surface area contributed by atoms with Gasteiger partial charge in [0.05, 0.1) is 17.6 Å². The van der Waals surface area contributed by atoms with Crippen molar-refractivity contribution < 1.29 is 19.4 Å². The third-order valence-corrected chi connectivity index (χ3v) is 6.69. The zero-order chi connectivity index (χ0) is 26.8. The van der Waals surface area contributed by atoms with Crippen LogP contribution in [0.2, 0.25) is 0 Å². The molecule has 196 valence electrons. The van der Waals surface area contributed by atoms with Gasteiger partial charge in [-0.3, -0.25) is 4.79 Å². The number of carbonyl (C=O) groups is 2. The van der Waals surface area contributed by atoms with Crippen molar-refractivity contribution in [2.75, 3.05) is 25.4 Å². The molecule has 10 heteroatoms. The second-order valence-corrected chi connectivity index (χ2v) is 9.47. The summed E-state index contributed by atoms with van der Waals surface area (Å²) in [5, 5.41) is 13.3. The van der Waals surface area contributed by atoms with E-state index in [4.69, 9.17) is 15.5 Å². The van der Waals surface area contributed by atoms with Gasteiger partial charge in [0.2, 0.25) is 5.91 Å². The Morgan fingerprint density at radius 1 is 1.18 bits per heavy atom. The first-order valence-corrected chi connectivity index (χ1v) is 12.5. The lowest BCUT2D eigenvalue weighted by Crippen LogP contribution is -2.37. The lowest BCUT2D eigenvalue weighted by Gasteiger charge is -2.26. The lowest BCUT2D eigenvalue weighted by atomic mass is 10.1. The van der Waals surface area contributed by atoms with E-state index in [1.807, 2.05) is 48.5 Å². The van der Waals surface area contributed by atoms with Crippen molar-refractivity contribution in [3.05, 3.63) is 77.6 Å². The molecule has 1 aliphatic heterocycles.